The van der Waals surface area contributed by atoms with Crippen molar-refractivity contribution in [3.8, 4) is 5.75 Å². The van der Waals surface area contributed by atoms with Gasteiger partial charge in [-0.05, 0) is 31.5 Å². The van der Waals surface area contributed by atoms with Crippen LogP contribution in [0.5, 0.6) is 5.75 Å². The number of ketones is 1. The van der Waals surface area contributed by atoms with Crippen LogP contribution >= 0.6 is 0 Å². The van der Waals surface area contributed by atoms with Crippen LogP contribution in [0.1, 0.15) is 69.2 Å². The second-order valence-corrected chi connectivity index (χ2v) is 6.60. The maximum Gasteiger partial charge on any atom is 0.224 e. The minimum atomic E-state index is -0.0845. The average Bonchev–Trinajstić information content (AvgIpc) is 3.41. The van der Waals surface area contributed by atoms with Gasteiger partial charge >= 0.3 is 0 Å². The Morgan fingerprint density at radius 2 is 1.92 bits per heavy atom. The highest BCUT2D eigenvalue weighted by Gasteiger charge is 2.24. The molecule has 1 heterocycles. The highest BCUT2D eigenvalue weighted by atomic mass is 16.6. The van der Waals surface area contributed by atoms with Crippen LogP contribution in [0.4, 0.5) is 5.69 Å². The minimum absolute atomic E-state index is 0.00922. The van der Waals surface area contributed by atoms with Crippen LogP contribution in [0.3, 0.4) is 0 Å². The maximum atomic E-state index is 12.0. The first-order valence-corrected chi connectivity index (χ1v) is 9.29. The second kappa shape index (κ2) is 10.2. The topological polar surface area (TPSA) is 67.9 Å². The van der Waals surface area contributed by atoms with Gasteiger partial charge < -0.3 is 14.8 Å². The number of carbonyl (C=O) groups is 2. The lowest BCUT2D eigenvalue weighted by Crippen LogP contribution is -2.12. The van der Waals surface area contributed by atoms with E-state index in [2.05, 4.69) is 12.2 Å². The molecule has 0 bridgehead atoms. The van der Waals surface area contributed by atoms with Gasteiger partial charge in [0.1, 0.15) is 18.5 Å². The zero-order chi connectivity index (χ0) is 18.1. The summed E-state index contributed by atoms with van der Waals surface area (Å²) in [5.74, 6) is 0.445. The van der Waals surface area contributed by atoms with Crippen LogP contribution in [-0.2, 0) is 9.53 Å². The van der Waals surface area contributed by atoms with Gasteiger partial charge in [0.25, 0.3) is 0 Å². The molecule has 0 saturated carbocycles. The van der Waals surface area contributed by atoms with Gasteiger partial charge in [-0.25, -0.2) is 0 Å². The Kier molecular flexibility index (Phi) is 7.92. The van der Waals surface area contributed by atoms with Gasteiger partial charge in [0.2, 0.25) is 5.91 Å². The molecule has 1 aliphatic rings. The quantitative estimate of drug-likeness (QED) is 0.347. The van der Waals surface area contributed by atoms with E-state index < -0.39 is 0 Å². The number of epoxide rings is 1. The van der Waals surface area contributed by atoms with Gasteiger partial charge in [0, 0.05) is 12.1 Å². The molecule has 0 spiro atoms. The molecule has 0 aromatic heterocycles. The van der Waals surface area contributed by atoms with Crippen LogP contribution in [0, 0.1) is 0 Å². The molecule has 0 aliphatic carbocycles. The number of anilines is 1. The lowest BCUT2D eigenvalue weighted by molar-refractivity contribution is -0.116. The Labute approximate surface area is 150 Å². The van der Waals surface area contributed by atoms with Crippen molar-refractivity contribution in [2.24, 2.45) is 0 Å². The SMILES string of the molecule is CCCCCCCCC(=O)Nc1ccc(OCC2CO2)c(C(C)=O)c1. The number of Topliss-reactive ketones (excluding diaryl/α,β-unsaturated/α-hetero) is 1. The Morgan fingerprint density at radius 1 is 1.20 bits per heavy atom. The third-order valence-corrected chi connectivity index (χ3v) is 4.23. The van der Waals surface area contributed by atoms with Crippen molar-refractivity contribution < 1.29 is 19.1 Å². The molecule has 5 nitrogen and oxygen atoms in total. The van der Waals surface area contributed by atoms with Crippen LogP contribution in [0.25, 0.3) is 0 Å². The molecule has 138 valence electrons. The van der Waals surface area contributed by atoms with Crippen LogP contribution in [0.2, 0.25) is 0 Å². The molecule has 1 fully saturated rings. The third-order valence-electron chi connectivity index (χ3n) is 4.23. The molecule has 1 atom stereocenters. The van der Waals surface area contributed by atoms with E-state index in [1.54, 1.807) is 18.2 Å². The number of rotatable bonds is 12. The molecule has 1 saturated heterocycles. The number of benzene rings is 1. The Balaban J connectivity index is 1.80. The van der Waals surface area contributed by atoms with Crippen molar-refractivity contribution >= 4 is 17.4 Å². The predicted molar refractivity (Wildman–Crippen MR) is 98.3 cm³/mol. The van der Waals surface area contributed by atoms with E-state index in [4.69, 9.17) is 9.47 Å². The van der Waals surface area contributed by atoms with Gasteiger partial charge in [-0.15, -0.1) is 0 Å². The largest absolute Gasteiger partial charge is 0.490 e. The van der Waals surface area contributed by atoms with Crippen molar-refractivity contribution in [2.75, 3.05) is 18.5 Å². The number of unbranched alkanes of at least 4 members (excludes halogenated alkanes) is 5. The van der Waals surface area contributed by atoms with E-state index in [-0.39, 0.29) is 17.8 Å². The van der Waals surface area contributed by atoms with E-state index in [0.29, 0.717) is 36.6 Å². The highest BCUT2D eigenvalue weighted by molar-refractivity contribution is 5.99. The first-order valence-electron chi connectivity index (χ1n) is 9.29. The fraction of sp³-hybridized carbons (Fsp3) is 0.600. The number of ether oxygens (including phenoxy) is 2. The fourth-order valence-corrected chi connectivity index (χ4v) is 2.65. The van der Waals surface area contributed by atoms with Crippen LogP contribution < -0.4 is 10.1 Å². The Hall–Kier alpha value is -1.88. The Bertz CT molecular complexity index is 581. The second-order valence-electron chi connectivity index (χ2n) is 6.60. The zero-order valence-corrected chi connectivity index (χ0v) is 15.3. The first kappa shape index (κ1) is 19.4. The van der Waals surface area contributed by atoms with Crippen molar-refractivity contribution in [1.82, 2.24) is 0 Å². The number of amides is 1. The van der Waals surface area contributed by atoms with E-state index >= 15 is 0 Å². The van der Waals surface area contributed by atoms with Crippen molar-refractivity contribution in [1.29, 1.82) is 0 Å². The van der Waals surface area contributed by atoms with E-state index in [0.717, 1.165) is 12.8 Å². The number of carbonyl (C=O) groups excluding carboxylic acids is 2. The summed E-state index contributed by atoms with van der Waals surface area (Å²) in [7, 11) is 0. The highest BCUT2D eigenvalue weighted by Crippen LogP contribution is 2.25. The molecule has 1 amide bonds. The molecule has 1 aromatic rings. The van der Waals surface area contributed by atoms with Crippen molar-refractivity contribution in [3.05, 3.63) is 23.8 Å². The first-order chi connectivity index (χ1) is 12.1. The molecule has 1 N–H and O–H groups in total. The molecule has 0 radical (unpaired) electrons. The zero-order valence-electron chi connectivity index (χ0n) is 15.3. The Morgan fingerprint density at radius 3 is 2.60 bits per heavy atom. The van der Waals surface area contributed by atoms with Gasteiger partial charge in [-0.3, -0.25) is 9.59 Å². The average molecular weight is 347 g/mol. The maximum absolute atomic E-state index is 12.0. The molecule has 5 heteroatoms. The summed E-state index contributed by atoms with van der Waals surface area (Å²) in [6.45, 7) is 4.85. The van der Waals surface area contributed by atoms with Crippen molar-refractivity contribution in [3.63, 3.8) is 0 Å². The van der Waals surface area contributed by atoms with Gasteiger partial charge in [-0.1, -0.05) is 39.0 Å². The third kappa shape index (κ3) is 7.26. The summed E-state index contributed by atoms with van der Waals surface area (Å²) in [4.78, 5) is 23.9. The lowest BCUT2D eigenvalue weighted by Gasteiger charge is -2.11. The number of nitrogens with one attached hydrogen (secondary N) is 1. The van der Waals surface area contributed by atoms with Crippen LogP contribution in [-0.4, -0.2) is 31.0 Å². The molecule has 25 heavy (non-hydrogen) atoms. The molecule has 1 unspecified atom stereocenters. The minimum Gasteiger partial charge on any atom is -0.490 e. The lowest BCUT2D eigenvalue weighted by atomic mass is 10.1. The molecule has 1 aromatic carbocycles. The summed E-state index contributed by atoms with van der Waals surface area (Å²) in [6.07, 6.45) is 7.56. The molecular formula is C20H29NO4. The monoisotopic (exact) mass is 347 g/mol. The molecular weight excluding hydrogens is 318 g/mol. The van der Waals surface area contributed by atoms with Gasteiger partial charge in [0.05, 0.1) is 12.2 Å². The summed E-state index contributed by atoms with van der Waals surface area (Å²) in [5.41, 5.74) is 1.12. The van der Waals surface area contributed by atoms with E-state index in [9.17, 15) is 9.59 Å². The van der Waals surface area contributed by atoms with E-state index in [1.807, 2.05) is 0 Å². The van der Waals surface area contributed by atoms with E-state index in [1.165, 1.54) is 32.6 Å². The fourth-order valence-electron chi connectivity index (χ4n) is 2.65. The van der Waals surface area contributed by atoms with Gasteiger partial charge in [0.15, 0.2) is 5.78 Å². The molecule has 2 rings (SSSR count). The number of hydrogen-bond donors (Lipinski definition) is 1. The summed E-state index contributed by atoms with van der Waals surface area (Å²) >= 11 is 0. The normalized spacial score (nSPS) is 15.7. The summed E-state index contributed by atoms with van der Waals surface area (Å²) < 4.78 is 10.7. The smallest absolute Gasteiger partial charge is 0.224 e. The standard InChI is InChI=1S/C20H29NO4/c1-3-4-5-6-7-8-9-20(23)21-16-10-11-19(18(12-16)15(2)22)25-14-17-13-24-17/h10-12,17H,3-9,13-14H2,1-2H3,(H,21,23). The summed E-state index contributed by atoms with van der Waals surface area (Å²) in [6, 6.07) is 5.19. The summed E-state index contributed by atoms with van der Waals surface area (Å²) in [5, 5.41) is 2.87. The number of hydrogen-bond acceptors (Lipinski definition) is 4. The van der Waals surface area contributed by atoms with Crippen molar-refractivity contribution in [2.45, 2.75) is 64.9 Å². The molecule has 1 aliphatic heterocycles. The van der Waals surface area contributed by atoms with Gasteiger partial charge in [-0.2, -0.15) is 0 Å². The van der Waals surface area contributed by atoms with Crippen LogP contribution in [0.15, 0.2) is 18.2 Å². The predicted octanol–water partition coefficient (Wildman–Crippen LogP) is 4.36.